The minimum Gasteiger partial charge on any atom is -0.379 e. The molecular weight excluding hydrogens is 150 g/mol. The third-order valence-corrected chi connectivity index (χ3v) is 2.98. The van der Waals surface area contributed by atoms with E-state index in [9.17, 15) is 0 Å². The Balaban J connectivity index is 2.35. The predicted molar refractivity (Wildman–Crippen MR) is 51.1 cm³/mol. The number of methoxy groups -OCH3 is 1. The minimum atomic E-state index is 0.931. The van der Waals surface area contributed by atoms with Crippen LogP contribution in [0.3, 0.4) is 0 Å². The number of ether oxygens (including phenoxy) is 1. The fourth-order valence-electron chi connectivity index (χ4n) is 2.32. The Labute approximate surface area is 76.1 Å². The van der Waals surface area contributed by atoms with Crippen molar-refractivity contribution in [3.63, 3.8) is 0 Å². The van der Waals surface area contributed by atoms with E-state index in [1.54, 1.807) is 7.11 Å². The Bertz CT molecular complexity index is 119. The number of nitrogens with zero attached hydrogens (tertiary/aromatic N) is 1. The van der Waals surface area contributed by atoms with E-state index >= 15 is 0 Å². The Morgan fingerprint density at radius 2 is 1.83 bits per heavy atom. The number of rotatable bonds is 5. The molecule has 0 N–H and O–H groups in total. The second-order valence-corrected chi connectivity index (χ2v) is 3.94. The van der Waals surface area contributed by atoms with Crippen molar-refractivity contribution in [2.24, 2.45) is 0 Å². The van der Waals surface area contributed by atoms with Gasteiger partial charge >= 0.3 is 0 Å². The lowest BCUT2D eigenvalue weighted by Gasteiger charge is -2.33. The Kier molecular flexibility index (Phi) is 4.02. The molecule has 0 aromatic rings. The summed E-state index contributed by atoms with van der Waals surface area (Å²) in [6.45, 7) is 8.56. The molecule has 0 aliphatic carbocycles. The summed E-state index contributed by atoms with van der Waals surface area (Å²) in [5.41, 5.74) is 0. The molecule has 72 valence electrons. The highest BCUT2D eigenvalue weighted by atomic mass is 16.5. The van der Waals surface area contributed by atoms with E-state index < -0.39 is 0 Å². The normalized spacial score (nSPS) is 21.5. The molecule has 1 rings (SSSR count). The molecule has 0 radical (unpaired) electrons. The molecule has 12 heavy (non-hydrogen) atoms. The van der Waals surface area contributed by atoms with Crippen LogP contribution in [0.5, 0.6) is 0 Å². The van der Waals surface area contributed by atoms with Crippen molar-refractivity contribution in [1.29, 1.82) is 0 Å². The van der Waals surface area contributed by atoms with E-state index in [-0.39, 0.29) is 0 Å². The number of hydrogen-bond donors (Lipinski definition) is 0. The fraction of sp³-hybridized carbons (Fsp3) is 1.00. The monoisotopic (exact) mass is 172 g/mol. The zero-order chi connectivity index (χ0) is 8.86. The average molecular weight is 172 g/mol. The lowest BCUT2D eigenvalue weighted by molar-refractivity contribution is -0.917. The number of quaternary nitrogens is 1. The average Bonchev–Trinajstić information content (AvgIpc) is 2.51. The molecule has 1 aliphatic rings. The summed E-state index contributed by atoms with van der Waals surface area (Å²) in [7, 11) is 1.80. The van der Waals surface area contributed by atoms with Gasteiger partial charge in [0.15, 0.2) is 0 Å². The Hall–Kier alpha value is -0.0800. The summed E-state index contributed by atoms with van der Waals surface area (Å²) >= 11 is 0. The third kappa shape index (κ3) is 2.46. The summed E-state index contributed by atoms with van der Waals surface area (Å²) in [6, 6.07) is 0. The molecule has 1 heterocycles. The van der Waals surface area contributed by atoms with Crippen LogP contribution in [0, 0.1) is 0 Å². The summed E-state index contributed by atoms with van der Waals surface area (Å²) < 4.78 is 6.48. The van der Waals surface area contributed by atoms with Gasteiger partial charge in [0, 0.05) is 20.0 Å². The third-order valence-electron chi connectivity index (χ3n) is 2.98. The molecule has 0 bridgehead atoms. The van der Waals surface area contributed by atoms with E-state index in [4.69, 9.17) is 4.74 Å². The van der Waals surface area contributed by atoms with Crippen LogP contribution in [-0.2, 0) is 4.74 Å². The zero-order valence-electron chi connectivity index (χ0n) is 8.51. The molecule has 0 amide bonds. The van der Waals surface area contributed by atoms with Gasteiger partial charge in [-0.15, -0.1) is 0 Å². The molecule has 0 unspecified atom stereocenters. The fourth-order valence-corrected chi connectivity index (χ4v) is 2.32. The van der Waals surface area contributed by atoms with Gasteiger partial charge in [-0.2, -0.15) is 0 Å². The molecule has 0 aromatic carbocycles. The lowest BCUT2D eigenvalue weighted by atomic mass is 10.3. The topological polar surface area (TPSA) is 9.23 Å². The molecule has 1 fully saturated rings. The summed E-state index contributed by atoms with van der Waals surface area (Å²) in [6.07, 6.45) is 4.15. The standard InChI is InChI=1S/C10H22NO/c1-3-6-11(9-10-12-2)7-4-5-8-11/h3-10H2,1-2H3/q+1. The van der Waals surface area contributed by atoms with E-state index in [1.807, 2.05) is 0 Å². The largest absolute Gasteiger partial charge is 0.379 e. The van der Waals surface area contributed by atoms with Crippen molar-refractivity contribution in [3.8, 4) is 0 Å². The van der Waals surface area contributed by atoms with Crippen molar-refractivity contribution in [2.45, 2.75) is 26.2 Å². The van der Waals surface area contributed by atoms with Gasteiger partial charge in [0.2, 0.25) is 0 Å². The SMILES string of the molecule is CCC[N+]1(CCOC)CCCC1. The molecule has 0 saturated carbocycles. The van der Waals surface area contributed by atoms with Gasteiger partial charge in [0.05, 0.1) is 26.2 Å². The Morgan fingerprint density at radius 1 is 1.17 bits per heavy atom. The van der Waals surface area contributed by atoms with E-state index in [0.29, 0.717) is 0 Å². The van der Waals surface area contributed by atoms with Gasteiger partial charge in [-0.25, -0.2) is 0 Å². The van der Waals surface area contributed by atoms with Gasteiger partial charge in [-0.1, -0.05) is 6.92 Å². The van der Waals surface area contributed by atoms with Crippen LogP contribution in [-0.4, -0.2) is 44.4 Å². The summed E-state index contributed by atoms with van der Waals surface area (Å²) in [4.78, 5) is 0. The molecular formula is C10H22NO+. The predicted octanol–water partition coefficient (Wildman–Crippen LogP) is 1.65. The van der Waals surface area contributed by atoms with Crippen LogP contribution >= 0.6 is 0 Å². The van der Waals surface area contributed by atoms with Gasteiger partial charge in [0.25, 0.3) is 0 Å². The maximum absolute atomic E-state index is 5.16. The van der Waals surface area contributed by atoms with Crippen LogP contribution in [0.15, 0.2) is 0 Å². The molecule has 1 saturated heterocycles. The van der Waals surface area contributed by atoms with Gasteiger partial charge in [0.1, 0.15) is 6.54 Å². The first-order valence-electron chi connectivity index (χ1n) is 5.17. The van der Waals surface area contributed by atoms with Crippen LogP contribution in [0.2, 0.25) is 0 Å². The number of likely N-dealkylation sites (tertiary alicyclic amines) is 1. The van der Waals surface area contributed by atoms with Crippen LogP contribution in [0.25, 0.3) is 0 Å². The Morgan fingerprint density at radius 3 is 2.33 bits per heavy atom. The first kappa shape index (κ1) is 10.0. The summed E-state index contributed by atoms with van der Waals surface area (Å²) in [5.74, 6) is 0. The van der Waals surface area contributed by atoms with Gasteiger partial charge in [-0.3, -0.25) is 0 Å². The zero-order valence-corrected chi connectivity index (χ0v) is 8.51. The maximum atomic E-state index is 5.16. The first-order valence-corrected chi connectivity index (χ1v) is 5.17. The van der Waals surface area contributed by atoms with E-state index in [1.165, 1.54) is 49.9 Å². The maximum Gasteiger partial charge on any atom is 0.102 e. The van der Waals surface area contributed by atoms with Crippen molar-refractivity contribution in [2.75, 3.05) is 39.9 Å². The van der Waals surface area contributed by atoms with Crippen molar-refractivity contribution < 1.29 is 9.22 Å². The van der Waals surface area contributed by atoms with Crippen LogP contribution < -0.4 is 0 Å². The molecule has 2 heteroatoms. The van der Waals surface area contributed by atoms with E-state index in [2.05, 4.69) is 6.92 Å². The second-order valence-electron chi connectivity index (χ2n) is 3.94. The van der Waals surface area contributed by atoms with Gasteiger partial charge in [-0.05, 0) is 6.42 Å². The molecule has 0 spiro atoms. The smallest absolute Gasteiger partial charge is 0.102 e. The second kappa shape index (κ2) is 4.83. The molecule has 2 nitrogen and oxygen atoms in total. The first-order chi connectivity index (χ1) is 5.83. The quantitative estimate of drug-likeness (QED) is 0.573. The van der Waals surface area contributed by atoms with Crippen molar-refractivity contribution in [1.82, 2.24) is 0 Å². The molecule has 1 aliphatic heterocycles. The van der Waals surface area contributed by atoms with Crippen LogP contribution in [0.4, 0.5) is 0 Å². The molecule has 0 atom stereocenters. The van der Waals surface area contributed by atoms with Crippen LogP contribution in [0.1, 0.15) is 26.2 Å². The lowest BCUT2D eigenvalue weighted by Crippen LogP contribution is -2.47. The summed E-state index contributed by atoms with van der Waals surface area (Å²) in [5, 5.41) is 0. The highest BCUT2D eigenvalue weighted by molar-refractivity contribution is 4.54. The number of hydrogen-bond acceptors (Lipinski definition) is 1. The van der Waals surface area contributed by atoms with Crippen molar-refractivity contribution >= 4 is 0 Å². The highest BCUT2D eigenvalue weighted by Gasteiger charge is 2.30. The van der Waals surface area contributed by atoms with Gasteiger partial charge < -0.3 is 9.22 Å². The highest BCUT2D eigenvalue weighted by Crippen LogP contribution is 2.19. The molecule has 0 aromatic heterocycles. The van der Waals surface area contributed by atoms with E-state index in [0.717, 1.165) is 6.61 Å². The van der Waals surface area contributed by atoms with Crippen molar-refractivity contribution in [3.05, 3.63) is 0 Å². The minimum absolute atomic E-state index is 0.931.